The summed E-state index contributed by atoms with van der Waals surface area (Å²) in [6.45, 7) is 4.05. The summed E-state index contributed by atoms with van der Waals surface area (Å²) in [5.41, 5.74) is 1.53. The van der Waals surface area contributed by atoms with E-state index in [9.17, 15) is 4.79 Å². The minimum absolute atomic E-state index is 0.0746. The molecule has 5 heteroatoms. The predicted molar refractivity (Wildman–Crippen MR) is 87.3 cm³/mol. The van der Waals surface area contributed by atoms with Crippen molar-refractivity contribution < 1.29 is 19.0 Å². The molecule has 1 heterocycles. The Hall–Kier alpha value is -2.11. The van der Waals surface area contributed by atoms with Crippen LogP contribution >= 0.6 is 0 Å². The van der Waals surface area contributed by atoms with Crippen LogP contribution in [0.15, 0.2) is 54.3 Å². The van der Waals surface area contributed by atoms with E-state index in [4.69, 9.17) is 14.2 Å². The summed E-state index contributed by atoms with van der Waals surface area (Å²) in [6, 6.07) is 9.81. The van der Waals surface area contributed by atoms with Crippen LogP contribution < -0.4 is 5.32 Å². The van der Waals surface area contributed by atoms with Gasteiger partial charge in [-0.2, -0.15) is 0 Å². The van der Waals surface area contributed by atoms with Crippen LogP contribution in [0.4, 0.5) is 0 Å². The number of dihydropyridines is 1. The average Bonchev–Trinajstić information content (AvgIpc) is 2.62. The second kappa shape index (κ2) is 7.94. The van der Waals surface area contributed by atoms with Crippen molar-refractivity contribution in [2.24, 2.45) is 0 Å². The van der Waals surface area contributed by atoms with E-state index in [1.807, 2.05) is 50.3 Å². The van der Waals surface area contributed by atoms with Crippen molar-refractivity contribution in [2.45, 2.75) is 32.3 Å². The van der Waals surface area contributed by atoms with Gasteiger partial charge in [0, 0.05) is 13.5 Å². The smallest absolute Gasteiger partial charge is 0.342 e. The summed E-state index contributed by atoms with van der Waals surface area (Å²) >= 11 is 0. The lowest BCUT2D eigenvalue weighted by Crippen LogP contribution is -2.40. The Kier molecular flexibility index (Phi) is 5.96. The summed E-state index contributed by atoms with van der Waals surface area (Å²) in [5, 5.41) is 3.21. The van der Waals surface area contributed by atoms with Gasteiger partial charge < -0.3 is 19.5 Å². The van der Waals surface area contributed by atoms with Gasteiger partial charge in [-0.05, 0) is 30.8 Å². The lowest BCUT2D eigenvalue weighted by atomic mass is 10.0. The Morgan fingerprint density at radius 1 is 1.26 bits per heavy atom. The number of ether oxygens (including phenoxy) is 3. The number of carbonyl (C=O) groups excluding carboxylic acids is 1. The minimum atomic E-state index is -1.34. The van der Waals surface area contributed by atoms with Gasteiger partial charge in [0.05, 0.1) is 18.2 Å². The van der Waals surface area contributed by atoms with Crippen molar-refractivity contribution in [2.75, 3.05) is 13.7 Å². The second-order valence-corrected chi connectivity index (χ2v) is 5.07. The summed E-state index contributed by atoms with van der Waals surface area (Å²) < 4.78 is 16.2. The predicted octanol–water partition coefficient (Wildman–Crippen LogP) is 3.06. The molecule has 1 aliphatic rings. The zero-order valence-corrected chi connectivity index (χ0v) is 13.7. The first kappa shape index (κ1) is 17.2. The molecule has 0 aromatic heterocycles. The number of benzene rings is 1. The zero-order valence-electron chi connectivity index (χ0n) is 13.7. The molecule has 0 bridgehead atoms. The Morgan fingerprint density at radius 2 is 2.00 bits per heavy atom. The Morgan fingerprint density at radius 3 is 2.61 bits per heavy atom. The summed E-state index contributed by atoms with van der Waals surface area (Å²) in [6.07, 6.45) is 5.67. The molecule has 2 rings (SSSR count). The fraction of sp³-hybridized carbons (Fsp3) is 0.389. The number of rotatable bonds is 7. The van der Waals surface area contributed by atoms with Gasteiger partial charge in [-0.25, -0.2) is 4.79 Å². The van der Waals surface area contributed by atoms with Gasteiger partial charge in [0.25, 0.3) is 0 Å². The first-order chi connectivity index (χ1) is 11.1. The van der Waals surface area contributed by atoms with Crippen LogP contribution in [-0.4, -0.2) is 25.7 Å². The normalized spacial score (nSPS) is 19.4. The van der Waals surface area contributed by atoms with Crippen LogP contribution in [0.25, 0.3) is 0 Å². The second-order valence-electron chi connectivity index (χ2n) is 5.07. The largest absolute Gasteiger partial charge is 0.404 e. The minimum Gasteiger partial charge on any atom is -0.404 e. The van der Waals surface area contributed by atoms with E-state index >= 15 is 0 Å². The Labute approximate surface area is 136 Å². The Balaban J connectivity index is 2.15. The maximum Gasteiger partial charge on any atom is 0.342 e. The van der Waals surface area contributed by atoms with Gasteiger partial charge >= 0.3 is 11.9 Å². The molecule has 1 N–H and O–H groups in total. The van der Waals surface area contributed by atoms with E-state index in [2.05, 4.69) is 5.32 Å². The van der Waals surface area contributed by atoms with Gasteiger partial charge in [-0.15, -0.1) is 0 Å². The molecule has 0 aliphatic carbocycles. The SMILES string of the molecule is CCOC(CC)(OC)OC(=O)C1=CC(c2ccccc2)NC=C1. The van der Waals surface area contributed by atoms with Crippen molar-refractivity contribution in [1.82, 2.24) is 5.32 Å². The van der Waals surface area contributed by atoms with Gasteiger partial charge in [-0.1, -0.05) is 37.3 Å². The van der Waals surface area contributed by atoms with Gasteiger partial charge in [0.2, 0.25) is 0 Å². The average molecular weight is 317 g/mol. The van der Waals surface area contributed by atoms with Crippen molar-refractivity contribution in [3.63, 3.8) is 0 Å². The highest BCUT2D eigenvalue weighted by molar-refractivity contribution is 5.92. The summed E-state index contributed by atoms with van der Waals surface area (Å²) in [4.78, 5) is 12.5. The van der Waals surface area contributed by atoms with Gasteiger partial charge in [-0.3, -0.25) is 0 Å². The third kappa shape index (κ3) is 4.21. The highest BCUT2D eigenvalue weighted by atomic mass is 16.9. The van der Waals surface area contributed by atoms with Crippen LogP contribution in [0.5, 0.6) is 0 Å². The number of methoxy groups -OCH3 is 1. The first-order valence-electron chi connectivity index (χ1n) is 7.76. The third-order valence-corrected chi connectivity index (χ3v) is 3.64. The van der Waals surface area contributed by atoms with Crippen molar-refractivity contribution in [3.05, 3.63) is 59.8 Å². The molecule has 0 amide bonds. The van der Waals surface area contributed by atoms with Crippen molar-refractivity contribution >= 4 is 5.97 Å². The summed E-state index contributed by atoms with van der Waals surface area (Å²) in [7, 11) is 1.46. The van der Waals surface area contributed by atoms with Gasteiger partial charge in [0.1, 0.15) is 0 Å². The molecule has 1 aliphatic heterocycles. The van der Waals surface area contributed by atoms with E-state index in [0.717, 1.165) is 5.56 Å². The quantitative estimate of drug-likeness (QED) is 0.619. The third-order valence-electron chi connectivity index (χ3n) is 3.64. The molecule has 5 nitrogen and oxygen atoms in total. The maximum absolute atomic E-state index is 12.5. The zero-order chi connectivity index (χ0) is 16.7. The molecule has 23 heavy (non-hydrogen) atoms. The van der Waals surface area contributed by atoms with Crippen LogP contribution in [0.1, 0.15) is 31.9 Å². The number of esters is 1. The molecule has 1 aromatic rings. The molecule has 2 unspecified atom stereocenters. The first-order valence-corrected chi connectivity index (χ1v) is 7.76. The molecule has 0 radical (unpaired) electrons. The molecule has 124 valence electrons. The molecule has 1 aromatic carbocycles. The molecule has 0 saturated carbocycles. The highest BCUT2D eigenvalue weighted by Crippen LogP contribution is 2.24. The molecule has 0 saturated heterocycles. The van der Waals surface area contributed by atoms with E-state index < -0.39 is 11.9 Å². The monoisotopic (exact) mass is 317 g/mol. The van der Waals surface area contributed by atoms with E-state index in [0.29, 0.717) is 18.6 Å². The van der Waals surface area contributed by atoms with E-state index in [1.54, 1.807) is 12.3 Å². The molecule has 0 fully saturated rings. The van der Waals surface area contributed by atoms with Crippen LogP contribution in [-0.2, 0) is 19.0 Å². The van der Waals surface area contributed by atoms with Gasteiger partial charge in [0.15, 0.2) is 0 Å². The fourth-order valence-corrected chi connectivity index (χ4v) is 2.38. The molecular formula is C18H23NO4. The van der Waals surface area contributed by atoms with Crippen LogP contribution in [0.3, 0.4) is 0 Å². The maximum atomic E-state index is 12.5. The lowest BCUT2D eigenvalue weighted by Gasteiger charge is -2.30. The number of hydrogen-bond donors (Lipinski definition) is 1. The molecule has 0 spiro atoms. The van der Waals surface area contributed by atoms with E-state index in [1.165, 1.54) is 7.11 Å². The topological polar surface area (TPSA) is 56.8 Å². The van der Waals surface area contributed by atoms with Crippen molar-refractivity contribution in [3.8, 4) is 0 Å². The standard InChI is InChI=1S/C18H23NO4/c1-4-18(21-3,22-5-2)23-17(20)15-11-12-19-16(13-15)14-9-7-6-8-10-14/h6-13,16,19H,4-5H2,1-3H3. The van der Waals surface area contributed by atoms with Crippen molar-refractivity contribution in [1.29, 1.82) is 0 Å². The molecule has 2 atom stereocenters. The Bertz CT molecular complexity index is 576. The number of carbonyl (C=O) groups is 1. The number of nitrogens with one attached hydrogen (secondary N) is 1. The van der Waals surface area contributed by atoms with E-state index in [-0.39, 0.29) is 6.04 Å². The highest BCUT2D eigenvalue weighted by Gasteiger charge is 2.34. The fourth-order valence-electron chi connectivity index (χ4n) is 2.38. The summed E-state index contributed by atoms with van der Waals surface area (Å²) in [5.74, 6) is -1.81. The van der Waals surface area contributed by atoms with Crippen LogP contribution in [0, 0.1) is 0 Å². The number of hydrogen-bond acceptors (Lipinski definition) is 5. The molecular weight excluding hydrogens is 294 g/mol. The lowest BCUT2D eigenvalue weighted by molar-refractivity contribution is -0.351. The van der Waals surface area contributed by atoms with Crippen LogP contribution in [0.2, 0.25) is 0 Å².